The van der Waals surface area contributed by atoms with Gasteiger partial charge in [-0.05, 0) is 69.6 Å². The van der Waals surface area contributed by atoms with Crippen LogP contribution >= 0.6 is 0 Å². The minimum atomic E-state index is -0.513. The summed E-state index contributed by atoms with van der Waals surface area (Å²) in [5.74, 6) is 0.181. The van der Waals surface area contributed by atoms with Crippen molar-refractivity contribution in [1.29, 1.82) is 0 Å². The van der Waals surface area contributed by atoms with Gasteiger partial charge in [-0.2, -0.15) is 0 Å². The normalized spacial score (nSPS) is 20.0. The molecule has 2 rings (SSSR count). The van der Waals surface area contributed by atoms with Gasteiger partial charge in [0.05, 0.1) is 11.6 Å². The Morgan fingerprint density at radius 1 is 1.14 bits per heavy atom. The predicted molar refractivity (Wildman–Crippen MR) is 148 cm³/mol. The van der Waals surface area contributed by atoms with E-state index in [1.54, 1.807) is 18.3 Å². The molecule has 1 aromatic rings. The molecule has 1 heterocycles. The minimum Gasteiger partial charge on any atom is -0.388 e. The van der Waals surface area contributed by atoms with E-state index >= 15 is 0 Å². The Morgan fingerprint density at radius 3 is 2.57 bits per heavy atom. The largest absolute Gasteiger partial charge is 0.388 e. The smallest absolute Gasteiger partial charge is 0.254 e. The number of benzene rings is 1. The topological polar surface area (TPSA) is 121 Å². The molecule has 0 spiro atoms. The zero-order valence-corrected chi connectivity index (χ0v) is 22.5. The second kappa shape index (κ2) is 16.6. The van der Waals surface area contributed by atoms with E-state index in [0.717, 1.165) is 49.9 Å². The summed E-state index contributed by atoms with van der Waals surface area (Å²) in [7, 11) is 0. The van der Waals surface area contributed by atoms with Crippen LogP contribution in [0.15, 0.2) is 45.5 Å². The van der Waals surface area contributed by atoms with Crippen molar-refractivity contribution < 1.29 is 14.0 Å². The number of halogens is 1. The van der Waals surface area contributed by atoms with E-state index in [9.17, 15) is 14.0 Å². The number of hydrogen-bond donors (Lipinski definition) is 4. The Labute approximate surface area is 220 Å². The first-order valence-electron chi connectivity index (χ1n) is 13.4. The molecular weight excluding hydrogens is 471 g/mol. The molecule has 0 radical (unpaired) electrons. The fourth-order valence-electron chi connectivity index (χ4n) is 3.78. The van der Waals surface area contributed by atoms with E-state index in [1.165, 1.54) is 12.1 Å². The molecule has 8 nitrogen and oxygen atoms in total. The summed E-state index contributed by atoms with van der Waals surface area (Å²) in [6.45, 7) is 8.17. The number of allylic oxidation sites excluding steroid dienone is 1. The van der Waals surface area contributed by atoms with Crippen molar-refractivity contribution in [2.45, 2.75) is 78.3 Å². The number of nitrogens with one attached hydrogen (secondary N) is 3. The van der Waals surface area contributed by atoms with Crippen LogP contribution in [0.1, 0.15) is 71.3 Å². The second-order valence-electron chi connectivity index (χ2n) is 9.54. The van der Waals surface area contributed by atoms with E-state index in [-0.39, 0.29) is 30.1 Å². The number of nitrogens with zero attached hydrogens (tertiary/aromatic N) is 2. The van der Waals surface area contributed by atoms with Gasteiger partial charge in [-0.25, -0.2) is 9.38 Å². The molecule has 0 fully saturated rings. The van der Waals surface area contributed by atoms with Crippen molar-refractivity contribution in [3.8, 4) is 0 Å². The highest BCUT2D eigenvalue weighted by atomic mass is 19.1. The van der Waals surface area contributed by atoms with Crippen LogP contribution in [-0.4, -0.2) is 49.5 Å². The van der Waals surface area contributed by atoms with Gasteiger partial charge in [-0.3, -0.25) is 14.6 Å². The third kappa shape index (κ3) is 11.2. The van der Waals surface area contributed by atoms with E-state index in [1.807, 2.05) is 6.92 Å². The van der Waals surface area contributed by atoms with E-state index in [4.69, 9.17) is 10.7 Å². The van der Waals surface area contributed by atoms with Gasteiger partial charge in [-0.15, -0.1) is 0 Å². The predicted octanol–water partition coefficient (Wildman–Crippen LogP) is 3.62. The first-order chi connectivity index (χ1) is 17.8. The molecule has 0 saturated carbocycles. The molecule has 204 valence electrons. The van der Waals surface area contributed by atoms with E-state index in [2.05, 4.69) is 34.8 Å². The lowest BCUT2D eigenvalue weighted by molar-refractivity contribution is -0.122. The number of carbonyl (C=O) groups is 2. The highest BCUT2D eigenvalue weighted by molar-refractivity contribution is 6.15. The summed E-state index contributed by atoms with van der Waals surface area (Å²) in [6.07, 6.45) is 7.39. The van der Waals surface area contributed by atoms with Gasteiger partial charge >= 0.3 is 0 Å². The number of hydrogen-bond acceptors (Lipinski definition) is 6. The molecule has 0 bridgehead atoms. The molecule has 0 saturated heterocycles. The van der Waals surface area contributed by atoms with Gasteiger partial charge in [0, 0.05) is 44.0 Å². The lowest BCUT2D eigenvalue weighted by atomic mass is 10.1. The van der Waals surface area contributed by atoms with Crippen LogP contribution < -0.4 is 21.7 Å². The third-order valence-electron chi connectivity index (χ3n) is 6.47. The van der Waals surface area contributed by atoms with Crippen LogP contribution in [0.25, 0.3) is 0 Å². The molecule has 37 heavy (non-hydrogen) atoms. The Kier molecular flexibility index (Phi) is 13.6. The Balaban J connectivity index is 2.22. The maximum Gasteiger partial charge on any atom is 0.254 e. The van der Waals surface area contributed by atoms with Crippen LogP contribution in [0.2, 0.25) is 0 Å². The second-order valence-corrected chi connectivity index (χ2v) is 9.54. The lowest BCUT2D eigenvalue weighted by Gasteiger charge is -2.14. The van der Waals surface area contributed by atoms with E-state index in [0.29, 0.717) is 37.3 Å². The fraction of sp³-hybridized carbons (Fsp3) is 0.571. The zero-order chi connectivity index (χ0) is 27.0. The van der Waals surface area contributed by atoms with Gasteiger partial charge in [-0.1, -0.05) is 26.0 Å². The lowest BCUT2D eigenvalue weighted by Crippen LogP contribution is -2.41. The first-order valence-corrected chi connectivity index (χ1v) is 13.4. The number of aliphatic imine (C=N–C) groups is 2. The van der Waals surface area contributed by atoms with Crippen molar-refractivity contribution >= 4 is 23.9 Å². The van der Waals surface area contributed by atoms with Crippen LogP contribution in [-0.2, 0) is 16.1 Å². The minimum absolute atomic E-state index is 0.104. The van der Waals surface area contributed by atoms with Crippen molar-refractivity contribution in [3.63, 3.8) is 0 Å². The molecule has 9 heteroatoms. The molecule has 2 unspecified atom stereocenters. The molecular formula is C28H43FN6O2. The van der Waals surface area contributed by atoms with Crippen LogP contribution in [0.3, 0.4) is 0 Å². The van der Waals surface area contributed by atoms with Crippen molar-refractivity contribution in [1.82, 2.24) is 16.0 Å². The maximum atomic E-state index is 13.2. The van der Waals surface area contributed by atoms with Gasteiger partial charge in [0.25, 0.3) is 5.91 Å². The zero-order valence-electron chi connectivity index (χ0n) is 22.5. The van der Waals surface area contributed by atoms with E-state index < -0.39 is 6.04 Å². The highest BCUT2D eigenvalue weighted by Gasteiger charge is 2.15. The molecule has 0 aliphatic carbocycles. The van der Waals surface area contributed by atoms with Crippen LogP contribution in [0.4, 0.5) is 4.39 Å². The highest BCUT2D eigenvalue weighted by Crippen LogP contribution is 2.10. The fourth-order valence-corrected chi connectivity index (χ4v) is 3.78. The van der Waals surface area contributed by atoms with Crippen LogP contribution in [0, 0.1) is 11.7 Å². The number of amides is 2. The summed E-state index contributed by atoms with van der Waals surface area (Å²) in [5.41, 5.74) is 7.96. The summed E-state index contributed by atoms with van der Waals surface area (Å²) in [6, 6.07) is 5.53. The van der Waals surface area contributed by atoms with Gasteiger partial charge in [0.15, 0.2) is 0 Å². The summed E-state index contributed by atoms with van der Waals surface area (Å²) in [4.78, 5) is 34.7. The number of rotatable bonds is 5. The number of amidine groups is 1. The Hall–Kier alpha value is -3.07. The average molecular weight is 515 g/mol. The van der Waals surface area contributed by atoms with Gasteiger partial charge in [0.1, 0.15) is 11.7 Å². The molecule has 5 N–H and O–H groups in total. The Morgan fingerprint density at radius 2 is 1.84 bits per heavy atom. The van der Waals surface area contributed by atoms with Gasteiger partial charge < -0.3 is 21.7 Å². The quantitative estimate of drug-likeness (QED) is 0.480. The number of nitrogens with two attached hydrogens (primary N) is 1. The molecule has 1 aliphatic heterocycles. The number of carbonyl (C=O) groups excluding carboxylic acids is 2. The van der Waals surface area contributed by atoms with Crippen molar-refractivity contribution in [2.75, 3.05) is 19.6 Å². The van der Waals surface area contributed by atoms with Crippen molar-refractivity contribution in [3.05, 3.63) is 46.9 Å². The summed E-state index contributed by atoms with van der Waals surface area (Å²) < 4.78 is 13.2. The van der Waals surface area contributed by atoms with Crippen molar-refractivity contribution in [2.24, 2.45) is 21.6 Å². The van der Waals surface area contributed by atoms with Gasteiger partial charge in [0.2, 0.25) is 5.91 Å². The monoisotopic (exact) mass is 514 g/mol. The summed E-state index contributed by atoms with van der Waals surface area (Å²) in [5, 5.41) is 9.15. The standard InChI is InChI=1S/C28H43FN6O2/c1-4-20(2)26-32-16-7-5-8-17-33-28(37)25(30)10-6-9-15-31-21(3)24(19-34-26)27(36)35-18-22-11-13-23(29)14-12-22/h11-14,19-20,25,31H,4-10,15-18,30H2,1-3H3,(H,33,37)(H,35,36). The molecule has 2 atom stereocenters. The average Bonchev–Trinajstić information content (AvgIpc) is 2.89. The van der Waals surface area contributed by atoms with Crippen LogP contribution in [0.5, 0.6) is 0 Å². The molecule has 1 aliphatic rings. The Bertz CT molecular complexity index is 958. The summed E-state index contributed by atoms with van der Waals surface area (Å²) >= 11 is 0. The third-order valence-corrected chi connectivity index (χ3v) is 6.47. The maximum absolute atomic E-state index is 13.2. The SMILES string of the molecule is CCC(C)C1=NCCCCCNC(=O)C(N)CCCCNC(C)=C(C(=O)NCc2ccc(F)cc2)C=N1. The first kappa shape index (κ1) is 30.2. The molecule has 2 amide bonds. The molecule has 0 aromatic heterocycles. The molecule has 1 aromatic carbocycles.